The average Bonchev–Trinajstić information content (AvgIpc) is 2.54. The van der Waals surface area contributed by atoms with Crippen LogP contribution in [-0.2, 0) is 0 Å². The number of carbonyl (C=O) groups is 1. The van der Waals surface area contributed by atoms with E-state index in [9.17, 15) is 4.79 Å². The molecule has 0 bridgehead atoms. The van der Waals surface area contributed by atoms with Gasteiger partial charge in [0, 0.05) is 30.9 Å². The average molecular weight is 305 g/mol. The SMILES string of the molecule is CCCNC(=S)Nc1ccc(C(=O)N2CCCCC2)cc1. The van der Waals surface area contributed by atoms with Crippen molar-refractivity contribution < 1.29 is 4.79 Å². The van der Waals surface area contributed by atoms with Crippen molar-refractivity contribution in [3.8, 4) is 0 Å². The summed E-state index contributed by atoms with van der Waals surface area (Å²) < 4.78 is 0. The number of likely N-dealkylation sites (tertiary alicyclic amines) is 1. The number of hydrogen-bond acceptors (Lipinski definition) is 2. The molecule has 0 aromatic heterocycles. The molecule has 0 spiro atoms. The Balaban J connectivity index is 1.91. The zero-order valence-corrected chi connectivity index (χ0v) is 13.3. The molecular weight excluding hydrogens is 282 g/mol. The highest BCUT2D eigenvalue weighted by Gasteiger charge is 2.17. The molecule has 1 heterocycles. The Hall–Kier alpha value is -1.62. The minimum absolute atomic E-state index is 0.132. The molecule has 1 aromatic rings. The van der Waals surface area contributed by atoms with Gasteiger partial charge in [0.15, 0.2) is 5.11 Å². The lowest BCUT2D eigenvalue weighted by atomic mass is 10.1. The standard InChI is InChI=1S/C16H23N3OS/c1-2-10-17-16(21)18-14-8-6-13(7-9-14)15(20)19-11-4-3-5-12-19/h6-9H,2-5,10-12H2,1H3,(H2,17,18,21). The predicted octanol–water partition coefficient (Wildman–Crippen LogP) is 3.01. The highest BCUT2D eigenvalue weighted by Crippen LogP contribution is 2.15. The smallest absolute Gasteiger partial charge is 0.253 e. The summed E-state index contributed by atoms with van der Waals surface area (Å²) in [5, 5.41) is 6.85. The summed E-state index contributed by atoms with van der Waals surface area (Å²) in [6, 6.07) is 7.53. The van der Waals surface area contributed by atoms with Crippen LogP contribution in [0.3, 0.4) is 0 Å². The second-order valence-corrected chi connectivity index (χ2v) is 5.72. The number of anilines is 1. The Morgan fingerprint density at radius 3 is 2.48 bits per heavy atom. The molecule has 21 heavy (non-hydrogen) atoms. The van der Waals surface area contributed by atoms with E-state index in [0.717, 1.165) is 50.1 Å². The fraction of sp³-hybridized carbons (Fsp3) is 0.500. The van der Waals surface area contributed by atoms with E-state index in [4.69, 9.17) is 12.2 Å². The second kappa shape index (κ2) is 7.98. The van der Waals surface area contributed by atoms with Crippen LogP contribution in [-0.4, -0.2) is 35.6 Å². The first kappa shape index (κ1) is 15.8. The van der Waals surface area contributed by atoms with Gasteiger partial charge in [0.05, 0.1) is 0 Å². The van der Waals surface area contributed by atoms with Crippen LogP contribution >= 0.6 is 12.2 Å². The topological polar surface area (TPSA) is 44.4 Å². The maximum absolute atomic E-state index is 12.3. The highest BCUT2D eigenvalue weighted by atomic mass is 32.1. The van der Waals surface area contributed by atoms with E-state index < -0.39 is 0 Å². The molecule has 2 N–H and O–H groups in total. The van der Waals surface area contributed by atoms with Crippen molar-refractivity contribution in [1.82, 2.24) is 10.2 Å². The Kier molecular flexibility index (Phi) is 5.99. The van der Waals surface area contributed by atoms with Gasteiger partial charge < -0.3 is 15.5 Å². The molecule has 4 nitrogen and oxygen atoms in total. The largest absolute Gasteiger partial charge is 0.362 e. The number of hydrogen-bond donors (Lipinski definition) is 2. The van der Waals surface area contributed by atoms with E-state index >= 15 is 0 Å². The molecule has 1 aromatic carbocycles. The Morgan fingerprint density at radius 1 is 1.19 bits per heavy atom. The van der Waals surface area contributed by atoms with Gasteiger partial charge in [-0.1, -0.05) is 6.92 Å². The number of thiocarbonyl (C=S) groups is 1. The lowest BCUT2D eigenvalue weighted by Crippen LogP contribution is -2.35. The number of nitrogens with zero attached hydrogens (tertiary/aromatic N) is 1. The van der Waals surface area contributed by atoms with Crippen molar-refractivity contribution in [3.63, 3.8) is 0 Å². The Labute approximate surface area is 131 Å². The second-order valence-electron chi connectivity index (χ2n) is 5.31. The van der Waals surface area contributed by atoms with Gasteiger partial charge in [0.2, 0.25) is 0 Å². The van der Waals surface area contributed by atoms with Gasteiger partial charge in [-0.2, -0.15) is 0 Å². The third-order valence-corrected chi connectivity index (χ3v) is 3.81. The maximum atomic E-state index is 12.3. The van der Waals surface area contributed by atoms with E-state index in [2.05, 4.69) is 17.6 Å². The first-order chi connectivity index (χ1) is 10.2. The normalized spacial score (nSPS) is 14.6. The van der Waals surface area contributed by atoms with E-state index in [-0.39, 0.29) is 5.91 Å². The summed E-state index contributed by atoms with van der Waals surface area (Å²) in [5.41, 5.74) is 1.65. The zero-order chi connectivity index (χ0) is 15.1. The highest BCUT2D eigenvalue weighted by molar-refractivity contribution is 7.80. The number of rotatable bonds is 4. The molecule has 0 atom stereocenters. The summed E-state index contributed by atoms with van der Waals surface area (Å²) in [5.74, 6) is 0.132. The monoisotopic (exact) mass is 305 g/mol. The quantitative estimate of drug-likeness (QED) is 0.839. The minimum atomic E-state index is 0.132. The summed E-state index contributed by atoms with van der Waals surface area (Å²) in [4.78, 5) is 14.3. The van der Waals surface area contributed by atoms with Gasteiger partial charge in [0.1, 0.15) is 0 Å². The predicted molar refractivity (Wildman–Crippen MR) is 90.7 cm³/mol. The van der Waals surface area contributed by atoms with Crippen LogP contribution in [0.15, 0.2) is 24.3 Å². The van der Waals surface area contributed by atoms with Crippen LogP contribution in [0.4, 0.5) is 5.69 Å². The minimum Gasteiger partial charge on any atom is -0.362 e. The number of amides is 1. The molecule has 0 radical (unpaired) electrons. The van der Waals surface area contributed by atoms with Gasteiger partial charge in [-0.25, -0.2) is 0 Å². The maximum Gasteiger partial charge on any atom is 0.253 e. The summed E-state index contributed by atoms with van der Waals surface area (Å²) >= 11 is 5.19. The Bertz CT molecular complexity index is 481. The summed E-state index contributed by atoms with van der Waals surface area (Å²) in [7, 11) is 0. The van der Waals surface area contributed by atoms with Crippen molar-refractivity contribution in [2.45, 2.75) is 32.6 Å². The van der Waals surface area contributed by atoms with Crippen LogP contribution in [0.1, 0.15) is 43.0 Å². The van der Waals surface area contributed by atoms with Crippen molar-refractivity contribution in [1.29, 1.82) is 0 Å². The third kappa shape index (κ3) is 4.70. The van der Waals surface area contributed by atoms with Crippen molar-refractivity contribution in [2.75, 3.05) is 25.0 Å². The fourth-order valence-electron chi connectivity index (χ4n) is 2.39. The third-order valence-electron chi connectivity index (χ3n) is 3.57. The number of carbonyl (C=O) groups excluding carboxylic acids is 1. The van der Waals surface area contributed by atoms with Crippen LogP contribution in [0.5, 0.6) is 0 Å². The molecule has 1 saturated heterocycles. The first-order valence-corrected chi connectivity index (χ1v) is 8.05. The zero-order valence-electron chi connectivity index (χ0n) is 12.5. The van der Waals surface area contributed by atoms with Gasteiger partial charge in [-0.3, -0.25) is 4.79 Å². The van der Waals surface area contributed by atoms with Gasteiger partial charge >= 0.3 is 0 Å². The van der Waals surface area contributed by atoms with Gasteiger partial charge in [0.25, 0.3) is 5.91 Å². The number of piperidine rings is 1. The van der Waals surface area contributed by atoms with Crippen LogP contribution in [0.2, 0.25) is 0 Å². The van der Waals surface area contributed by atoms with E-state index in [0.29, 0.717) is 5.11 Å². The fourth-order valence-corrected chi connectivity index (χ4v) is 2.61. The summed E-state index contributed by atoms with van der Waals surface area (Å²) in [6.45, 7) is 4.71. The van der Waals surface area contributed by atoms with Crippen LogP contribution in [0.25, 0.3) is 0 Å². The van der Waals surface area contributed by atoms with Crippen molar-refractivity contribution in [3.05, 3.63) is 29.8 Å². The van der Waals surface area contributed by atoms with Crippen molar-refractivity contribution in [2.24, 2.45) is 0 Å². The molecule has 1 aliphatic heterocycles. The number of benzene rings is 1. The molecule has 114 valence electrons. The van der Waals surface area contributed by atoms with Crippen molar-refractivity contribution >= 4 is 28.9 Å². The lowest BCUT2D eigenvalue weighted by Gasteiger charge is -2.26. The van der Waals surface area contributed by atoms with E-state index in [1.54, 1.807) is 0 Å². The van der Waals surface area contributed by atoms with E-state index in [1.807, 2.05) is 29.2 Å². The molecular formula is C16H23N3OS. The van der Waals surface area contributed by atoms with Crippen LogP contribution < -0.4 is 10.6 Å². The molecule has 1 amide bonds. The van der Waals surface area contributed by atoms with E-state index in [1.165, 1.54) is 6.42 Å². The molecule has 2 rings (SSSR count). The molecule has 0 unspecified atom stereocenters. The molecule has 5 heteroatoms. The molecule has 0 aliphatic carbocycles. The molecule has 1 fully saturated rings. The van der Waals surface area contributed by atoms with Gasteiger partial charge in [-0.15, -0.1) is 0 Å². The van der Waals surface area contributed by atoms with Gasteiger partial charge in [-0.05, 0) is 62.2 Å². The molecule has 0 saturated carbocycles. The number of nitrogens with one attached hydrogen (secondary N) is 2. The lowest BCUT2D eigenvalue weighted by molar-refractivity contribution is 0.0724. The molecule has 1 aliphatic rings. The summed E-state index contributed by atoms with van der Waals surface area (Å²) in [6.07, 6.45) is 4.49. The van der Waals surface area contributed by atoms with Crippen LogP contribution in [0, 0.1) is 0 Å². The Morgan fingerprint density at radius 2 is 1.86 bits per heavy atom. The first-order valence-electron chi connectivity index (χ1n) is 7.65.